The molecule has 1 saturated heterocycles. The fourth-order valence-corrected chi connectivity index (χ4v) is 6.61. The van der Waals surface area contributed by atoms with Crippen molar-refractivity contribution in [2.45, 2.75) is 36.7 Å². The molecule has 0 bridgehead atoms. The highest BCUT2D eigenvalue weighted by molar-refractivity contribution is 7.89. The van der Waals surface area contributed by atoms with Crippen molar-refractivity contribution in [3.05, 3.63) is 88.9 Å². The molecule has 0 aliphatic carbocycles. The molecule has 2 N–H and O–H groups in total. The standard InChI is InChI=1S/C29H27F2N9O5S/c1-2-29(30,31)20-7-3-18(4-8-20)13-34-27(41)23-16-39(24-15-33-22-14-32-17-35-26(22)36-24)11-12-40(23)46(43,44)21-9-5-19(6-10-21)25-37-28(42)45-38-25/h3-10,14-15,17,23H,2,11-13,16H2,1H3,(H,34,41)(H,37,38,42)/t23-/m1/s1. The van der Waals surface area contributed by atoms with Gasteiger partial charge in [-0.2, -0.15) is 14.4 Å². The first kappa shape index (κ1) is 30.8. The van der Waals surface area contributed by atoms with Crippen LogP contribution in [0, 0.1) is 0 Å². The van der Waals surface area contributed by atoms with Gasteiger partial charge in [-0.25, -0.2) is 41.9 Å². The molecule has 4 heterocycles. The van der Waals surface area contributed by atoms with E-state index in [0.717, 1.165) is 4.31 Å². The summed E-state index contributed by atoms with van der Waals surface area (Å²) in [6.45, 7) is 1.45. The third kappa shape index (κ3) is 6.18. The number of hydrogen-bond donors (Lipinski definition) is 2. The first-order chi connectivity index (χ1) is 22.0. The molecule has 1 atom stereocenters. The summed E-state index contributed by atoms with van der Waals surface area (Å²) in [4.78, 5) is 47.2. The van der Waals surface area contributed by atoms with E-state index in [-0.39, 0.29) is 48.9 Å². The molecule has 1 fully saturated rings. The second-order valence-corrected chi connectivity index (χ2v) is 12.4. The molecule has 6 rings (SSSR count). The number of piperazine rings is 1. The van der Waals surface area contributed by atoms with Crippen molar-refractivity contribution >= 4 is 32.9 Å². The van der Waals surface area contributed by atoms with Crippen LogP contribution in [0.5, 0.6) is 0 Å². The highest BCUT2D eigenvalue weighted by Crippen LogP contribution is 2.31. The quantitative estimate of drug-likeness (QED) is 0.239. The van der Waals surface area contributed by atoms with Crippen LogP contribution in [-0.4, -0.2) is 74.4 Å². The topological polar surface area (TPSA) is 180 Å². The van der Waals surface area contributed by atoms with Crippen LogP contribution in [0.3, 0.4) is 0 Å². The van der Waals surface area contributed by atoms with Gasteiger partial charge in [0.15, 0.2) is 11.5 Å². The zero-order valence-electron chi connectivity index (χ0n) is 24.3. The maximum Gasteiger partial charge on any atom is 0.460 e. The molecule has 238 valence electrons. The first-order valence-electron chi connectivity index (χ1n) is 14.2. The van der Waals surface area contributed by atoms with Crippen molar-refractivity contribution in [3.8, 4) is 11.4 Å². The summed E-state index contributed by atoms with van der Waals surface area (Å²) in [5.74, 6) is -3.85. The maximum atomic E-state index is 14.1. The van der Waals surface area contributed by atoms with Crippen molar-refractivity contribution in [1.82, 2.24) is 39.7 Å². The number of aromatic nitrogens is 6. The molecule has 5 aromatic rings. The largest absolute Gasteiger partial charge is 0.460 e. The molecule has 1 amide bonds. The van der Waals surface area contributed by atoms with Gasteiger partial charge in [0.25, 0.3) is 5.92 Å². The van der Waals surface area contributed by atoms with Gasteiger partial charge in [-0.3, -0.25) is 4.79 Å². The van der Waals surface area contributed by atoms with Gasteiger partial charge in [0.1, 0.15) is 23.7 Å². The van der Waals surface area contributed by atoms with Gasteiger partial charge in [0.05, 0.1) is 17.3 Å². The number of alkyl halides is 2. The zero-order chi connectivity index (χ0) is 32.5. The summed E-state index contributed by atoms with van der Waals surface area (Å²) in [7, 11) is -4.21. The number of nitrogens with one attached hydrogen (secondary N) is 2. The van der Waals surface area contributed by atoms with Crippen molar-refractivity contribution in [1.29, 1.82) is 0 Å². The van der Waals surface area contributed by atoms with Gasteiger partial charge in [-0.15, -0.1) is 0 Å². The lowest BCUT2D eigenvalue weighted by molar-refractivity contribution is -0.125. The van der Waals surface area contributed by atoms with E-state index in [4.69, 9.17) is 0 Å². The Labute approximate surface area is 260 Å². The third-order valence-electron chi connectivity index (χ3n) is 7.63. The lowest BCUT2D eigenvalue weighted by atomic mass is 10.0. The third-order valence-corrected chi connectivity index (χ3v) is 9.55. The van der Waals surface area contributed by atoms with E-state index in [1.165, 1.54) is 74.2 Å². The van der Waals surface area contributed by atoms with Gasteiger partial charge in [-0.05, 0) is 29.8 Å². The van der Waals surface area contributed by atoms with Crippen LogP contribution in [0.15, 0.2) is 81.5 Å². The normalized spacial score (nSPS) is 16.1. The van der Waals surface area contributed by atoms with Crippen molar-refractivity contribution < 1.29 is 26.5 Å². The summed E-state index contributed by atoms with van der Waals surface area (Å²) >= 11 is 0. The molecule has 17 heteroatoms. The van der Waals surface area contributed by atoms with Crippen LogP contribution in [-0.2, 0) is 27.3 Å². The number of aromatic amines is 1. The van der Waals surface area contributed by atoms with Crippen LogP contribution in [0.2, 0.25) is 0 Å². The molecule has 14 nitrogen and oxygen atoms in total. The van der Waals surface area contributed by atoms with Crippen LogP contribution in [0.1, 0.15) is 24.5 Å². The molecule has 0 radical (unpaired) electrons. The molecule has 1 aliphatic heterocycles. The smallest absolute Gasteiger partial charge is 0.352 e. The Bertz CT molecular complexity index is 2040. The number of fused-ring (bicyclic) bond motifs is 1. The summed E-state index contributed by atoms with van der Waals surface area (Å²) in [6.07, 6.45) is 4.01. The SMILES string of the molecule is CCC(F)(F)c1ccc(CNC(=O)[C@H]2CN(c3cnc4cncnc4n3)CCN2S(=O)(=O)c2ccc(-c3nc(=O)o[nH]3)cc2)cc1. The van der Waals surface area contributed by atoms with Crippen molar-refractivity contribution in [3.63, 3.8) is 0 Å². The van der Waals surface area contributed by atoms with Crippen molar-refractivity contribution in [2.75, 3.05) is 24.5 Å². The number of anilines is 1. The van der Waals surface area contributed by atoms with Gasteiger partial charge >= 0.3 is 5.76 Å². The Kier molecular flexibility index (Phi) is 8.26. The van der Waals surface area contributed by atoms with Gasteiger partial charge in [0, 0.05) is 43.7 Å². The van der Waals surface area contributed by atoms with Gasteiger partial charge in [0.2, 0.25) is 15.9 Å². The molecule has 0 spiro atoms. The minimum atomic E-state index is -4.21. The fraction of sp³-hybridized carbons (Fsp3) is 0.276. The second kappa shape index (κ2) is 12.3. The number of carbonyl (C=O) groups excluding carboxylic acids is 1. The molecular formula is C29H27F2N9O5S. The number of H-pyrrole nitrogens is 1. The van der Waals surface area contributed by atoms with E-state index >= 15 is 0 Å². The molecule has 1 aliphatic rings. The molecule has 0 saturated carbocycles. The lowest BCUT2D eigenvalue weighted by Crippen LogP contribution is -2.60. The maximum absolute atomic E-state index is 14.1. The van der Waals surface area contributed by atoms with Crippen LogP contribution < -0.4 is 16.0 Å². The second-order valence-electron chi connectivity index (χ2n) is 10.5. The van der Waals surface area contributed by atoms with E-state index in [9.17, 15) is 26.8 Å². The minimum Gasteiger partial charge on any atom is -0.352 e. The van der Waals surface area contributed by atoms with E-state index < -0.39 is 33.7 Å². The average molecular weight is 652 g/mol. The average Bonchev–Trinajstić information content (AvgIpc) is 3.53. The number of hydrogen-bond acceptors (Lipinski definition) is 11. The van der Waals surface area contributed by atoms with Crippen LogP contribution in [0.25, 0.3) is 22.6 Å². The number of rotatable bonds is 9. The van der Waals surface area contributed by atoms with Crippen LogP contribution in [0.4, 0.5) is 14.6 Å². The minimum absolute atomic E-state index is 0.0154. The van der Waals surface area contributed by atoms with Crippen molar-refractivity contribution in [2.24, 2.45) is 0 Å². The number of benzene rings is 2. The predicted octanol–water partition coefficient (Wildman–Crippen LogP) is 2.46. The van der Waals surface area contributed by atoms with Gasteiger partial charge in [-0.1, -0.05) is 31.2 Å². The molecule has 0 unspecified atom stereocenters. The Morgan fingerprint density at radius 1 is 1.07 bits per heavy atom. The summed E-state index contributed by atoms with van der Waals surface area (Å²) in [6, 6.07) is 10.0. The van der Waals surface area contributed by atoms with Gasteiger partial charge < -0.3 is 14.7 Å². The zero-order valence-corrected chi connectivity index (χ0v) is 25.1. The first-order valence-corrected chi connectivity index (χ1v) is 15.6. The van der Waals surface area contributed by atoms with Crippen LogP contribution >= 0.6 is 0 Å². The highest BCUT2D eigenvalue weighted by atomic mass is 32.2. The van der Waals surface area contributed by atoms with E-state index in [0.29, 0.717) is 28.1 Å². The summed E-state index contributed by atoms with van der Waals surface area (Å²) < 4.78 is 61.7. The Morgan fingerprint density at radius 2 is 1.83 bits per heavy atom. The monoisotopic (exact) mass is 651 g/mol. The van der Waals surface area contributed by atoms with E-state index in [2.05, 4.69) is 39.9 Å². The number of amides is 1. The highest BCUT2D eigenvalue weighted by Gasteiger charge is 2.40. The molecule has 46 heavy (non-hydrogen) atoms. The number of carbonyl (C=O) groups is 1. The Balaban J connectivity index is 1.26. The van der Waals surface area contributed by atoms with E-state index in [1.807, 2.05) is 0 Å². The molecular weight excluding hydrogens is 624 g/mol. The number of halogens is 2. The molecule has 3 aromatic heterocycles. The van der Waals surface area contributed by atoms with E-state index in [1.54, 1.807) is 4.90 Å². The fourth-order valence-electron chi connectivity index (χ4n) is 5.04. The number of sulfonamides is 1. The Morgan fingerprint density at radius 3 is 2.52 bits per heavy atom. The summed E-state index contributed by atoms with van der Waals surface area (Å²) in [5.41, 5.74) is 1.67. The lowest BCUT2D eigenvalue weighted by Gasteiger charge is -2.40. The summed E-state index contributed by atoms with van der Waals surface area (Å²) in [5, 5.41) is 5.13. The predicted molar refractivity (Wildman–Crippen MR) is 160 cm³/mol. The number of nitrogens with zero attached hydrogens (tertiary/aromatic N) is 7. The Hall–Kier alpha value is -5.16. The molecule has 2 aromatic carbocycles.